The fourth-order valence-corrected chi connectivity index (χ4v) is 4.58. The van der Waals surface area contributed by atoms with Crippen LogP contribution in [0.2, 0.25) is 0 Å². The molecule has 1 aromatic carbocycles. The molecule has 1 aromatic heterocycles. The van der Waals surface area contributed by atoms with Crippen LogP contribution in [0.25, 0.3) is 0 Å². The Bertz CT molecular complexity index is 826. The number of furan rings is 1. The Morgan fingerprint density at radius 3 is 2.61 bits per heavy atom. The fourth-order valence-electron chi connectivity index (χ4n) is 2.56. The molecule has 0 aliphatic heterocycles. The van der Waals surface area contributed by atoms with Gasteiger partial charge in [-0.25, -0.2) is 8.42 Å². The molecule has 0 bridgehead atoms. The topological polar surface area (TPSA) is 93.7 Å². The largest absolute Gasteiger partial charge is 0.468 e. The monoisotopic (exact) mass is 336 g/mol. The highest BCUT2D eigenvalue weighted by atomic mass is 32.2. The maximum absolute atomic E-state index is 13.1. The second-order valence-corrected chi connectivity index (χ2v) is 7.37. The summed E-state index contributed by atoms with van der Waals surface area (Å²) < 4.78 is 32.7. The Kier molecular flexibility index (Phi) is 3.95. The van der Waals surface area contributed by atoms with Crippen LogP contribution < -0.4 is 0 Å². The molecular formula is C15H16N2O5S. The van der Waals surface area contributed by atoms with E-state index in [0.717, 1.165) is 12.8 Å². The third-order valence-corrected chi connectivity index (χ3v) is 5.89. The van der Waals surface area contributed by atoms with Gasteiger partial charge in [0.25, 0.3) is 15.7 Å². The van der Waals surface area contributed by atoms with Crippen molar-refractivity contribution in [3.8, 4) is 0 Å². The van der Waals surface area contributed by atoms with E-state index in [9.17, 15) is 18.5 Å². The number of nitrogens with zero attached hydrogens (tertiary/aromatic N) is 2. The smallest absolute Gasteiger partial charge is 0.289 e. The van der Waals surface area contributed by atoms with Gasteiger partial charge in [-0.05, 0) is 37.5 Å². The van der Waals surface area contributed by atoms with Crippen LogP contribution in [0.15, 0.2) is 45.9 Å². The van der Waals surface area contributed by atoms with Crippen molar-refractivity contribution in [2.75, 3.05) is 0 Å². The molecule has 1 aliphatic carbocycles. The molecule has 0 unspecified atom stereocenters. The summed E-state index contributed by atoms with van der Waals surface area (Å²) >= 11 is 0. The summed E-state index contributed by atoms with van der Waals surface area (Å²) in [5.74, 6) is 0.511. The number of hydrogen-bond acceptors (Lipinski definition) is 5. The third kappa shape index (κ3) is 2.99. The summed E-state index contributed by atoms with van der Waals surface area (Å²) in [5.41, 5.74) is -0.0283. The number of aryl methyl sites for hydroxylation is 1. The minimum absolute atomic E-state index is 0.0749. The number of nitro groups is 1. The minimum atomic E-state index is -3.99. The van der Waals surface area contributed by atoms with Gasteiger partial charge in [0.1, 0.15) is 5.76 Å². The van der Waals surface area contributed by atoms with Crippen LogP contribution in [-0.2, 0) is 16.6 Å². The predicted octanol–water partition coefficient (Wildman–Crippen LogP) is 2.85. The average molecular weight is 336 g/mol. The average Bonchev–Trinajstić information content (AvgIpc) is 3.19. The summed E-state index contributed by atoms with van der Waals surface area (Å²) in [7, 11) is -3.99. The lowest BCUT2D eigenvalue weighted by molar-refractivity contribution is -0.387. The molecule has 7 nitrogen and oxygen atoms in total. The Hall–Kier alpha value is -2.19. The van der Waals surface area contributed by atoms with Crippen LogP contribution in [0.1, 0.15) is 24.2 Å². The summed E-state index contributed by atoms with van der Waals surface area (Å²) in [5, 5.41) is 11.2. The van der Waals surface area contributed by atoms with Gasteiger partial charge in [0.05, 0.1) is 17.7 Å². The van der Waals surface area contributed by atoms with Gasteiger partial charge in [-0.2, -0.15) is 4.31 Å². The van der Waals surface area contributed by atoms with Gasteiger partial charge in [0.2, 0.25) is 0 Å². The first-order chi connectivity index (χ1) is 10.9. The zero-order valence-corrected chi connectivity index (χ0v) is 13.3. The normalized spacial score (nSPS) is 15.0. The molecular weight excluding hydrogens is 320 g/mol. The molecule has 0 spiro atoms. The molecule has 1 fully saturated rings. The molecule has 0 radical (unpaired) electrons. The fraction of sp³-hybridized carbons (Fsp3) is 0.333. The highest BCUT2D eigenvalue weighted by Crippen LogP contribution is 2.37. The van der Waals surface area contributed by atoms with E-state index in [1.807, 2.05) is 0 Å². The van der Waals surface area contributed by atoms with E-state index in [1.54, 1.807) is 25.1 Å². The van der Waals surface area contributed by atoms with Crippen molar-refractivity contribution in [2.45, 2.75) is 37.2 Å². The summed E-state index contributed by atoms with van der Waals surface area (Å²) in [6.07, 6.45) is 2.97. The molecule has 1 saturated carbocycles. The second-order valence-electron chi connectivity index (χ2n) is 5.54. The number of rotatable bonds is 6. The first-order valence-electron chi connectivity index (χ1n) is 7.19. The maximum atomic E-state index is 13.1. The number of hydrogen-bond donors (Lipinski definition) is 0. The number of benzene rings is 1. The molecule has 1 heterocycles. The Morgan fingerprint density at radius 2 is 2.04 bits per heavy atom. The number of sulfonamides is 1. The Labute approximate surface area is 133 Å². The Morgan fingerprint density at radius 1 is 1.30 bits per heavy atom. The molecule has 1 aliphatic rings. The van der Waals surface area contributed by atoms with Gasteiger partial charge in [-0.3, -0.25) is 10.1 Å². The van der Waals surface area contributed by atoms with Crippen molar-refractivity contribution in [1.29, 1.82) is 0 Å². The molecule has 0 N–H and O–H groups in total. The summed E-state index contributed by atoms with van der Waals surface area (Å²) in [4.78, 5) is 10.4. The van der Waals surface area contributed by atoms with Crippen molar-refractivity contribution in [3.05, 3.63) is 58.0 Å². The molecule has 3 rings (SSSR count). The molecule has 0 atom stereocenters. The van der Waals surface area contributed by atoms with E-state index in [0.29, 0.717) is 11.3 Å². The molecule has 0 saturated heterocycles. The van der Waals surface area contributed by atoms with E-state index in [2.05, 4.69) is 0 Å². The lowest BCUT2D eigenvalue weighted by Crippen LogP contribution is -2.33. The van der Waals surface area contributed by atoms with Crippen molar-refractivity contribution >= 4 is 15.7 Å². The van der Waals surface area contributed by atoms with Crippen LogP contribution in [0.3, 0.4) is 0 Å². The van der Waals surface area contributed by atoms with E-state index in [-0.39, 0.29) is 17.5 Å². The van der Waals surface area contributed by atoms with Gasteiger partial charge in [0.15, 0.2) is 4.90 Å². The van der Waals surface area contributed by atoms with Crippen molar-refractivity contribution < 1.29 is 17.8 Å². The van der Waals surface area contributed by atoms with Crippen LogP contribution in [0, 0.1) is 17.0 Å². The van der Waals surface area contributed by atoms with Crippen LogP contribution >= 0.6 is 0 Å². The SMILES string of the molecule is Cc1cccc([N+](=O)[O-])c1S(=O)(=O)N(Cc1ccco1)C1CC1. The standard InChI is InChI=1S/C15H16N2O5S/c1-11-4-2-6-14(17(18)19)15(11)23(20,21)16(12-7-8-12)10-13-5-3-9-22-13/h2-6,9,12H,7-8,10H2,1H3. The third-order valence-electron chi connectivity index (χ3n) is 3.80. The summed E-state index contributed by atoms with van der Waals surface area (Å²) in [6.45, 7) is 1.64. The van der Waals surface area contributed by atoms with E-state index in [1.165, 1.54) is 22.7 Å². The molecule has 2 aromatic rings. The maximum Gasteiger partial charge on any atom is 0.289 e. The van der Waals surface area contributed by atoms with Gasteiger partial charge in [-0.15, -0.1) is 0 Å². The molecule has 23 heavy (non-hydrogen) atoms. The van der Waals surface area contributed by atoms with Crippen molar-refractivity contribution in [3.63, 3.8) is 0 Å². The van der Waals surface area contributed by atoms with Crippen LogP contribution in [0.4, 0.5) is 5.69 Å². The second kappa shape index (κ2) is 5.78. The molecule has 122 valence electrons. The van der Waals surface area contributed by atoms with Crippen molar-refractivity contribution in [2.24, 2.45) is 0 Å². The van der Waals surface area contributed by atoms with E-state index >= 15 is 0 Å². The van der Waals surface area contributed by atoms with Gasteiger partial charge in [-0.1, -0.05) is 12.1 Å². The first-order valence-corrected chi connectivity index (χ1v) is 8.63. The highest BCUT2D eigenvalue weighted by Gasteiger charge is 2.42. The quantitative estimate of drug-likeness (QED) is 0.597. The lowest BCUT2D eigenvalue weighted by Gasteiger charge is -2.21. The van der Waals surface area contributed by atoms with Gasteiger partial charge in [0, 0.05) is 12.1 Å². The minimum Gasteiger partial charge on any atom is -0.468 e. The first kappa shape index (κ1) is 15.7. The van der Waals surface area contributed by atoms with Crippen LogP contribution in [-0.4, -0.2) is 23.7 Å². The Balaban J connectivity index is 2.07. The van der Waals surface area contributed by atoms with Crippen molar-refractivity contribution in [1.82, 2.24) is 4.31 Å². The van der Waals surface area contributed by atoms with E-state index in [4.69, 9.17) is 4.42 Å². The lowest BCUT2D eigenvalue weighted by atomic mass is 10.2. The molecule has 0 amide bonds. The molecule has 8 heteroatoms. The predicted molar refractivity (Wildman–Crippen MR) is 82.3 cm³/mol. The van der Waals surface area contributed by atoms with Gasteiger partial charge >= 0.3 is 0 Å². The highest BCUT2D eigenvalue weighted by molar-refractivity contribution is 7.89. The van der Waals surface area contributed by atoms with Crippen LogP contribution in [0.5, 0.6) is 0 Å². The van der Waals surface area contributed by atoms with E-state index < -0.39 is 20.6 Å². The zero-order valence-electron chi connectivity index (χ0n) is 12.5. The number of nitro benzene ring substituents is 1. The zero-order chi connectivity index (χ0) is 16.6. The summed E-state index contributed by atoms with van der Waals surface area (Å²) in [6, 6.07) is 7.51. The van der Waals surface area contributed by atoms with Gasteiger partial charge < -0.3 is 4.42 Å².